The van der Waals surface area contributed by atoms with Gasteiger partial charge in [-0.25, -0.2) is 4.79 Å². The summed E-state index contributed by atoms with van der Waals surface area (Å²) in [6, 6.07) is 8.37. The summed E-state index contributed by atoms with van der Waals surface area (Å²) in [4.78, 5) is 52.9. The van der Waals surface area contributed by atoms with Crippen LogP contribution in [0.5, 0.6) is 0 Å². The molecule has 7 atom stereocenters. The number of hydrogen-bond donors (Lipinski definition) is 0. The Morgan fingerprint density at radius 2 is 1.86 bits per heavy atom. The third-order valence-electron chi connectivity index (χ3n) is 8.30. The molecule has 2 heterocycles. The van der Waals surface area contributed by atoms with E-state index in [1.165, 1.54) is 19.6 Å². The van der Waals surface area contributed by atoms with Gasteiger partial charge in [-0.2, -0.15) is 0 Å². The molecule has 1 aromatic carbocycles. The van der Waals surface area contributed by atoms with Crippen LogP contribution in [0.15, 0.2) is 51.7 Å². The fraction of sp³-hybridized carbons (Fsp3) is 0.481. The number of esters is 3. The van der Waals surface area contributed by atoms with Crippen LogP contribution >= 0.6 is 15.9 Å². The van der Waals surface area contributed by atoms with E-state index in [0.717, 1.165) is 10.0 Å². The number of cyclic esters (lactones) is 1. The van der Waals surface area contributed by atoms with E-state index in [2.05, 4.69) is 15.9 Å². The summed E-state index contributed by atoms with van der Waals surface area (Å²) in [6.07, 6.45) is 2.85. The monoisotopic (exact) mass is 558 g/mol. The number of ether oxygens (including phenoxy) is 3. The lowest BCUT2D eigenvalue weighted by molar-refractivity contribution is -0.190. The average molecular weight is 559 g/mol. The Morgan fingerprint density at radius 1 is 1.11 bits per heavy atom. The second kappa shape index (κ2) is 9.50. The van der Waals surface area contributed by atoms with Crippen molar-refractivity contribution in [3.05, 3.63) is 58.5 Å². The van der Waals surface area contributed by atoms with E-state index < -0.39 is 47.3 Å². The lowest BCUT2D eigenvalue weighted by atomic mass is 9.48. The molecule has 0 amide bonds. The van der Waals surface area contributed by atoms with Crippen molar-refractivity contribution in [1.82, 2.24) is 0 Å². The first-order valence-electron chi connectivity index (χ1n) is 12.0. The molecule has 2 aliphatic carbocycles. The molecule has 1 aliphatic heterocycles. The van der Waals surface area contributed by atoms with Gasteiger partial charge < -0.3 is 18.6 Å². The van der Waals surface area contributed by atoms with Crippen LogP contribution in [0.2, 0.25) is 0 Å². The predicted molar refractivity (Wildman–Crippen MR) is 128 cm³/mol. The quantitative estimate of drug-likeness (QED) is 0.393. The highest BCUT2D eigenvalue weighted by Gasteiger charge is 2.63. The van der Waals surface area contributed by atoms with Crippen LogP contribution in [-0.2, 0) is 28.6 Å². The molecule has 0 spiro atoms. The van der Waals surface area contributed by atoms with Gasteiger partial charge in [-0.1, -0.05) is 22.9 Å². The Bertz CT molecular complexity index is 1170. The van der Waals surface area contributed by atoms with Gasteiger partial charge in [0.05, 0.1) is 37.0 Å². The van der Waals surface area contributed by atoms with Crippen molar-refractivity contribution in [1.29, 1.82) is 0 Å². The molecule has 8 nitrogen and oxygen atoms in total. The minimum atomic E-state index is -1.12. The normalized spacial score (nSPS) is 33.6. The summed E-state index contributed by atoms with van der Waals surface area (Å²) in [5, 5.41) is 0. The zero-order valence-corrected chi connectivity index (χ0v) is 21.6. The maximum Gasteiger partial charge on any atom is 0.338 e. The van der Waals surface area contributed by atoms with E-state index >= 15 is 0 Å². The molecule has 0 N–H and O–H groups in total. The van der Waals surface area contributed by atoms with Gasteiger partial charge in [-0.15, -0.1) is 0 Å². The molecule has 2 aromatic rings. The summed E-state index contributed by atoms with van der Waals surface area (Å²) in [5.74, 6) is -3.83. The van der Waals surface area contributed by atoms with Crippen LogP contribution in [0.4, 0.5) is 0 Å². The van der Waals surface area contributed by atoms with Gasteiger partial charge in [0.2, 0.25) is 0 Å². The Morgan fingerprint density at radius 3 is 2.53 bits per heavy atom. The van der Waals surface area contributed by atoms with Gasteiger partial charge in [0.25, 0.3) is 0 Å². The number of methoxy groups -OCH3 is 1. The first-order valence-corrected chi connectivity index (χ1v) is 12.8. The Balaban J connectivity index is 1.48. The third-order valence-corrected chi connectivity index (χ3v) is 8.83. The highest BCUT2D eigenvalue weighted by molar-refractivity contribution is 9.10. The van der Waals surface area contributed by atoms with E-state index in [-0.39, 0.29) is 24.1 Å². The standard InChI is InChI=1S/C27H27BrO8/c1-27-9-7-17-18(11-20(35-25(17)31)15-8-10-34-13-15)22(27)23(29)21(12-19(27)26(32)33-2)36-24(30)14-3-5-16(28)6-4-14/h3-6,8,10,13,17-22H,7,9,11-12H2,1-2H3/t17-,18+,19+,20+,21+,22+,27+/m1/s1. The van der Waals surface area contributed by atoms with Crippen molar-refractivity contribution in [2.24, 2.45) is 29.1 Å². The zero-order chi connectivity index (χ0) is 25.6. The SMILES string of the molecule is COC(=O)[C@@H]1C[C@H](OC(=O)c2ccc(Br)cc2)C(=O)[C@@H]2[C@H]3C[C@@H](c4ccoc4)OC(=O)[C@@H]3CC[C@]21C. The van der Waals surface area contributed by atoms with Gasteiger partial charge >= 0.3 is 17.9 Å². The van der Waals surface area contributed by atoms with Crippen LogP contribution in [0.3, 0.4) is 0 Å². The van der Waals surface area contributed by atoms with E-state index in [9.17, 15) is 19.2 Å². The number of carbonyl (C=O) groups excluding carboxylic acids is 4. The molecule has 3 fully saturated rings. The number of hydrogen-bond acceptors (Lipinski definition) is 8. The van der Waals surface area contributed by atoms with Crippen LogP contribution in [-0.4, -0.2) is 36.9 Å². The maximum atomic E-state index is 14.0. The first kappa shape index (κ1) is 24.7. The second-order valence-corrected chi connectivity index (χ2v) is 11.0. The molecule has 0 bridgehead atoms. The number of furan rings is 1. The second-order valence-electron chi connectivity index (χ2n) is 10.1. The minimum absolute atomic E-state index is 0.0494. The fourth-order valence-electron chi connectivity index (χ4n) is 6.46. The first-order chi connectivity index (χ1) is 17.2. The molecule has 36 heavy (non-hydrogen) atoms. The zero-order valence-electron chi connectivity index (χ0n) is 20.0. The molecular weight excluding hydrogens is 532 g/mol. The van der Waals surface area contributed by atoms with E-state index in [1.807, 2.05) is 6.92 Å². The number of carbonyl (C=O) groups is 4. The lowest BCUT2D eigenvalue weighted by Gasteiger charge is -2.56. The smallest absolute Gasteiger partial charge is 0.338 e. The summed E-state index contributed by atoms with van der Waals surface area (Å²) in [5.41, 5.74) is 0.293. The Kier molecular flexibility index (Phi) is 6.53. The van der Waals surface area contributed by atoms with E-state index in [0.29, 0.717) is 24.8 Å². The Labute approximate surface area is 216 Å². The van der Waals surface area contributed by atoms with Crippen molar-refractivity contribution in [2.75, 3.05) is 7.11 Å². The summed E-state index contributed by atoms with van der Waals surface area (Å²) < 4.78 is 22.5. The summed E-state index contributed by atoms with van der Waals surface area (Å²) in [7, 11) is 1.32. The van der Waals surface area contributed by atoms with Gasteiger partial charge in [0, 0.05) is 22.4 Å². The molecule has 3 aliphatic rings. The molecular formula is C27H27BrO8. The summed E-state index contributed by atoms with van der Waals surface area (Å²) >= 11 is 3.33. The van der Waals surface area contributed by atoms with Gasteiger partial charge in [-0.3, -0.25) is 14.4 Å². The summed E-state index contributed by atoms with van der Waals surface area (Å²) in [6.45, 7) is 1.92. The molecule has 0 unspecified atom stereocenters. The van der Waals surface area contributed by atoms with Crippen molar-refractivity contribution in [3.63, 3.8) is 0 Å². The van der Waals surface area contributed by atoms with Crippen molar-refractivity contribution < 1.29 is 37.8 Å². The molecule has 9 heteroatoms. The molecule has 5 rings (SSSR count). The van der Waals surface area contributed by atoms with E-state index in [1.54, 1.807) is 30.3 Å². The average Bonchev–Trinajstić information content (AvgIpc) is 3.40. The predicted octanol–water partition coefficient (Wildman–Crippen LogP) is 4.67. The molecule has 2 saturated carbocycles. The number of Topliss-reactive ketones (excluding diaryl/α,β-unsaturated/α-hetero) is 1. The van der Waals surface area contributed by atoms with Crippen LogP contribution in [0, 0.1) is 29.1 Å². The number of ketones is 1. The van der Waals surface area contributed by atoms with Crippen LogP contribution in [0.1, 0.15) is 54.6 Å². The Hall–Kier alpha value is -2.94. The number of fused-ring (bicyclic) bond motifs is 3. The highest BCUT2D eigenvalue weighted by Crippen LogP contribution is 2.59. The van der Waals surface area contributed by atoms with Gasteiger partial charge in [0.15, 0.2) is 11.9 Å². The topological polar surface area (TPSA) is 109 Å². The lowest BCUT2D eigenvalue weighted by Crippen LogP contribution is -2.61. The van der Waals surface area contributed by atoms with Crippen molar-refractivity contribution >= 4 is 39.6 Å². The molecule has 190 valence electrons. The van der Waals surface area contributed by atoms with Gasteiger partial charge in [0.1, 0.15) is 6.10 Å². The molecule has 1 aromatic heterocycles. The van der Waals surface area contributed by atoms with E-state index in [4.69, 9.17) is 18.6 Å². The molecule has 1 saturated heterocycles. The van der Waals surface area contributed by atoms with Gasteiger partial charge in [-0.05, 0) is 60.9 Å². The van der Waals surface area contributed by atoms with Crippen LogP contribution in [0.25, 0.3) is 0 Å². The number of halogens is 1. The number of rotatable bonds is 4. The van der Waals surface area contributed by atoms with Crippen LogP contribution < -0.4 is 0 Å². The third kappa shape index (κ3) is 4.17. The van der Waals surface area contributed by atoms with Crippen molar-refractivity contribution in [2.45, 2.75) is 44.8 Å². The highest BCUT2D eigenvalue weighted by atomic mass is 79.9. The largest absolute Gasteiger partial charge is 0.472 e. The van der Waals surface area contributed by atoms with Crippen molar-refractivity contribution in [3.8, 4) is 0 Å². The maximum absolute atomic E-state index is 14.0. The fourth-order valence-corrected chi connectivity index (χ4v) is 6.72. The molecule has 0 radical (unpaired) electrons. The number of benzene rings is 1. The minimum Gasteiger partial charge on any atom is -0.472 e.